The molecule has 0 N–H and O–H groups in total. The molecule has 0 aromatic carbocycles. The topological polar surface area (TPSA) is 23.6 Å². The third kappa shape index (κ3) is 2.43. The Labute approximate surface area is 93.3 Å². The summed E-state index contributed by atoms with van der Waals surface area (Å²) >= 11 is 2.31. The van der Waals surface area contributed by atoms with Crippen LogP contribution in [0.15, 0.2) is 12.7 Å². The molecule has 0 bridgehead atoms. The minimum atomic E-state index is 0.0452. The number of rotatable bonds is 1. The van der Waals surface area contributed by atoms with Crippen molar-refractivity contribution in [2.45, 2.75) is 25.9 Å². The zero-order chi connectivity index (χ0) is 10.0. The van der Waals surface area contributed by atoms with Crippen LogP contribution in [0.4, 0.5) is 0 Å². The number of halogens is 1. The largest absolute Gasteiger partial charge is 0.334 e. The molecule has 1 rings (SSSR count). The van der Waals surface area contributed by atoms with Crippen LogP contribution in [-0.4, -0.2) is 39.1 Å². The molecular formula is C9H15IN2O. The van der Waals surface area contributed by atoms with Crippen LogP contribution < -0.4 is 0 Å². The molecule has 0 aromatic heterocycles. The summed E-state index contributed by atoms with van der Waals surface area (Å²) in [5.74, 6) is 0.0452. The van der Waals surface area contributed by atoms with E-state index < -0.39 is 0 Å². The number of amides is 1. The lowest BCUT2D eigenvalue weighted by atomic mass is 10.1. The first-order valence-electron chi connectivity index (χ1n) is 4.41. The van der Waals surface area contributed by atoms with E-state index in [1.165, 1.54) is 6.08 Å². The van der Waals surface area contributed by atoms with Crippen molar-refractivity contribution in [1.82, 2.24) is 8.01 Å². The SMILES string of the molecule is C=CC(=O)N1C[C@@H](C)N(I)C[C@@H]1C. The molecule has 1 saturated heterocycles. The van der Waals surface area contributed by atoms with Gasteiger partial charge in [-0.3, -0.25) is 4.79 Å². The Morgan fingerprint density at radius 2 is 2.08 bits per heavy atom. The van der Waals surface area contributed by atoms with Crippen LogP contribution in [0.1, 0.15) is 13.8 Å². The van der Waals surface area contributed by atoms with E-state index in [-0.39, 0.29) is 5.91 Å². The van der Waals surface area contributed by atoms with Crippen LogP contribution in [0, 0.1) is 0 Å². The molecule has 3 nitrogen and oxygen atoms in total. The summed E-state index contributed by atoms with van der Waals surface area (Å²) in [5.41, 5.74) is 0. The fraction of sp³-hybridized carbons (Fsp3) is 0.667. The van der Waals surface area contributed by atoms with Crippen molar-refractivity contribution in [2.24, 2.45) is 0 Å². The summed E-state index contributed by atoms with van der Waals surface area (Å²) < 4.78 is 2.25. The molecule has 0 unspecified atom stereocenters. The van der Waals surface area contributed by atoms with Gasteiger partial charge in [-0.05, 0) is 19.9 Å². The van der Waals surface area contributed by atoms with E-state index in [0.717, 1.165) is 13.1 Å². The highest BCUT2D eigenvalue weighted by Crippen LogP contribution is 2.18. The zero-order valence-electron chi connectivity index (χ0n) is 8.03. The van der Waals surface area contributed by atoms with Gasteiger partial charge in [0.05, 0.1) is 0 Å². The Hall–Kier alpha value is -0.100. The van der Waals surface area contributed by atoms with E-state index in [2.05, 4.69) is 46.4 Å². The minimum absolute atomic E-state index is 0.0452. The fourth-order valence-electron chi connectivity index (χ4n) is 1.51. The summed E-state index contributed by atoms with van der Waals surface area (Å²) in [5, 5.41) is 0. The summed E-state index contributed by atoms with van der Waals surface area (Å²) in [6, 6.07) is 0.722. The Balaban J connectivity index is 2.66. The molecule has 0 spiro atoms. The van der Waals surface area contributed by atoms with Crippen LogP contribution in [-0.2, 0) is 4.79 Å². The van der Waals surface area contributed by atoms with E-state index in [0.29, 0.717) is 12.1 Å². The third-order valence-electron chi connectivity index (χ3n) is 2.37. The number of piperazine rings is 1. The van der Waals surface area contributed by atoms with Gasteiger partial charge in [-0.1, -0.05) is 6.58 Å². The van der Waals surface area contributed by atoms with Crippen molar-refractivity contribution >= 4 is 28.8 Å². The van der Waals surface area contributed by atoms with Crippen molar-refractivity contribution in [2.75, 3.05) is 13.1 Å². The maximum absolute atomic E-state index is 11.4. The molecule has 0 aromatic rings. The summed E-state index contributed by atoms with van der Waals surface area (Å²) in [6.45, 7) is 9.44. The Bertz CT molecular complexity index is 220. The molecular weight excluding hydrogens is 279 g/mol. The van der Waals surface area contributed by atoms with E-state index >= 15 is 0 Å². The maximum atomic E-state index is 11.4. The second kappa shape index (κ2) is 4.41. The van der Waals surface area contributed by atoms with Gasteiger partial charge in [0, 0.05) is 48.0 Å². The van der Waals surface area contributed by atoms with Crippen molar-refractivity contribution in [3.63, 3.8) is 0 Å². The first-order valence-corrected chi connectivity index (χ1v) is 5.38. The average Bonchev–Trinajstić information content (AvgIpc) is 2.10. The molecule has 74 valence electrons. The Morgan fingerprint density at radius 1 is 1.46 bits per heavy atom. The van der Waals surface area contributed by atoms with Crippen molar-refractivity contribution in [1.29, 1.82) is 0 Å². The monoisotopic (exact) mass is 294 g/mol. The zero-order valence-corrected chi connectivity index (χ0v) is 10.2. The maximum Gasteiger partial charge on any atom is 0.246 e. The molecule has 4 heteroatoms. The lowest BCUT2D eigenvalue weighted by molar-refractivity contribution is -0.130. The molecule has 0 saturated carbocycles. The van der Waals surface area contributed by atoms with E-state index in [9.17, 15) is 4.79 Å². The van der Waals surface area contributed by atoms with E-state index in [1.807, 2.05) is 4.90 Å². The lowest BCUT2D eigenvalue weighted by Crippen LogP contribution is -2.54. The number of nitrogens with zero attached hydrogens (tertiary/aromatic N) is 2. The van der Waals surface area contributed by atoms with Gasteiger partial charge in [-0.2, -0.15) is 0 Å². The van der Waals surface area contributed by atoms with Crippen LogP contribution in [0.3, 0.4) is 0 Å². The third-order valence-corrected chi connectivity index (χ3v) is 3.71. The number of hydrogen-bond donors (Lipinski definition) is 0. The number of carbonyl (C=O) groups is 1. The van der Waals surface area contributed by atoms with Gasteiger partial charge >= 0.3 is 0 Å². The van der Waals surface area contributed by atoms with Crippen molar-refractivity contribution in [3.8, 4) is 0 Å². The first-order chi connectivity index (χ1) is 6.06. The lowest BCUT2D eigenvalue weighted by Gasteiger charge is -2.40. The van der Waals surface area contributed by atoms with Crippen LogP contribution in [0.5, 0.6) is 0 Å². The molecule has 1 amide bonds. The number of hydrogen-bond acceptors (Lipinski definition) is 2. The Morgan fingerprint density at radius 3 is 2.62 bits per heavy atom. The fourth-order valence-corrected chi connectivity index (χ4v) is 2.25. The van der Waals surface area contributed by atoms with Crippen molar-refractivity contribution in [3.05, 3.63) is 12.7 Å². The highest BCUT2D eigenvalue weighted by Gasteiger charge is 2.29. The van der Waals surface area contributed by atoms with Crippen LogP contribution in [0.25, 0.3) is 0 Å². The predicted molar refractivity (Wildman–Crippen MR) is 61.6 cm³/mol. The van der Waals surface area contributed by atoms with Gasteiger partial charge in [0.1, 0.15) is 0 Å². The van der Waals surface area contributed by atoms with Gasteiger partial charge < -0.3 is 4.90 Å². The Kier molecular flexibility index (Phi) is 3.73. The summed E-state index contributed by atoms with van der Waals surface area (Å²) in [6.07, 6.45) is 1.39. The highest BCUT2D eigenvalue weighted by atomic mass is 127. The first kappa shape index (κ1) is 11.0. The van der Waals surface area contributed by atoms with Gasteiger partial charge in [-0.15, -0.1) is 0 Å². The van der Waals surface area contributed by atoms with Gasteiger partial charge in [0.2, 0.25) is 5.91 Å². The highest BCUT2D eigenvalue weighted by molar-refractivity contribution is 14.1. The molecule has 1 aliphatic heterocycles. The normalized spacial score (nSPS) is 30.2. The molecule has 0 aliphatic carbocycles. The molecule has 2 atom stereocenters. The second-order valence-corrected chi connectivity index (χ2v) is 4.71. The molecule has 1 aliphatic rings. The second-order valence-electron chi connectivity index (χ2n) is 3.48. The van der Waals surface area contributed by atoms with Crippen LogP contribution >= 0.6 is 22.9 Å². The minimum Gasteiger partial charge on any atom is -0.334 e. The molecule has 0 radical (unpaired) electrons. The summed E-state index contributed by atoms with van der Waals surface area (Å²) in [4.78, 5) is 13.3. The van der Waals surface area contributed by atoms with Gasteiger partial charge in [-0.25, -0.2) is 3.11 Å². The van der Waals surface area contributed by atoms with E-state index in [4.69, 9.17) is 0 Å². The quantitative estimate of drug-likeness (QED) is 0.415. The molecule has 13 heavy (non-hydrogen) atoms. The number of carbonyl (C=O) groups excluding carboxylic acids is 1. The van der Waals surface area contributed by atoms with Gasteiger partial charge in [0.25, 0.3) is 0 Å². The molecule has 1 heterocycles. The molecule has 1 fully saturated rings. The average molecular weight is 294 g/mol. The van der Waals surface area contributed by atoms with Crippen molar-refractivity contribution < 1.29 is 4.79 Å². The van der Waals surface area contributed by atoms with Crippen LogP contribution in [0.2, 0.25) is 0 Å². The summed E-state index contributed by atoms with van der Waals surface area (Å²) in [7, 11) is 0. The predicted octanol–water partition coefficient (Wildman–Crippen LogP) is 1.44. The standard InChI is InChI=1S/C9H15IN2O/c1-4-9(13)11-5-8(3)12(10)6-7(11)2/h4,7-8H,1,5-6H2,2-3H3/t7-,8+/m0/s1. The van der Waals surface area contributed by atoms with E-state index in [1.54, 1.807) is 0 Å². The smallest absolute Gasteiger partial charge is 0.246 e. The van der Waals surface area contributed by atoms with Gasteiger partial charge in [0.15, 0.2) is 0 Å².